The number of carbonyl (C=O) groups is 1. The lowest BCUT2D eigenvalue weighted by atomic mass is 9.96. The van der Waals surface area contributed by atoms with Crippen LogP contribution in [0.2, 0.25) is 0 Å². The molecule has 0 N–H and O–H groups in total. The SMILES string of the molecule is O=C(C=Cc1cn(-c2ccccc2)nc1-c1ccccc1)N1CCC(CN2CCOCC2)CC1. The van der Waals surface area contributed by atoms with E-state index in [-0.39, 0.29) is 5.91 Å². The molecular weight excluding hydrogens is 424 g/mol. The van der Waals surface area contributed by atoms with Crippen molar-refractivity contribution in [3.05, 3.63) is 78.5 Å². The van der Waals surface area contributed by atoms with Gasteiger partial charge in [0.25, 0.3) is 0 Å². The van der Waals surface area contributed by atoms with Gasteiger partial charge in [-0.1, -0.05) is 48.5 Å². The van der Waals surface area contributed by atoms with Gasteiger partial charge < -0.3 is 9.64 Å². The topological polar surface area (TPSA) is 50.6 Å². The number of hydrogen-bond acceptors (Lipinski definition) is 4. The smallest absolute Gasteiger partial charge is 0.246 e. The summed E-state index contributed by atoms with van der Waals surface area (Å²) in [6, 6.07) is 20.2. The summed E-state index contributed by atoms with van der Waals surface area (Å²) in [5.41, 5.74) is 3.84. The van der Waals surface area contributed by atoms with Gasteiger partial charge in [0.1, 0.15) is 0 Å². The number of likely N-dealkylation sites (tertiary alicyclic amines) is 1. The van der Waals surface area contributed by atoms with Gasteiger partial charge in [0.15, 0.2) is 0 Å². The third-order valence-corrected chi connectivity index (χ3v) is 6.76. The van der Waals surface area contributed by atoms with Crippen LogP contribution in [-0.4, -0.2) is 71.4 Å². The molecule has 2 saturated heterocycles. The molecule has 3 heterocycles. The fourth-order valence-electron chi connectivity index (χ4n) is 4.79. The second-order valence-corrected chi connectivity index (χ2v) is 9.09. The number of amides is 1. The van der Waals surface area contributed by atoms with E-state index >= 15 is 0 Å². The predicted octanol–water partition coefficient (Wildman–Crippen LogP) is 4.12. The fourth-order valence-corrected chi connectivity index (χ4v) is 4.79. The molecular formula is C28H32N4O2. The van der Waals surface area contributed by atoms with Crippen LogP contribution in [0.4, 0.5) is 0 Å². The number of nitrogens with zero attached hydrogens (tertiary/aromatic N) is 4. The summed E-state index contributed by atoms with van der Waals surface area (Å²) in [7, 11) is 0. The Morgan fingerprint density at radius 1 is 0.941 bits per heavy atom. The van der Waals surface area contributed by atoms with Crippen LogP contribution in [0.3, 0.4) is 0 Å². The van der Waals surface area contributed by atoms with E-state index in [4.69, 9.17) is 9.84 Å². The summed E-state index contributed by atoms with van der Waals surface area (Å²) < 4.78 is 7.33. The van der Waals surface area contributed by atoms with E-state index in [1.165, 1.54) is 0 Å². The molecule has 6 nitrogen and oxygen atoms in total. The molecule has 3 aromatic rings. The maximum Gasteiger partial charge on any atom is 0.246 e. The third kappa shape index (κ3) is 5.46. The van der Waals surface area contributed by atoms with Gasteiger partial charge in [0, 0.05) is 56.1 Å². The van der Waals surface area contributed by atoms with E-state index in [2.05, 4.69) is 17.0 Å². The van der Waals surface area contributed by atoms with Crippen molar-refractivity contribution in [3.8, 4) is 16.9 Å². The standard InChI is InChI=1S/C28H32N4O2/c33-27(31-15-13-23(14-16-31)21-30-17-19-34-20-18-30)12-11-25-22-32(26-9-5-2-6-10-26)29-28(25)24-7-3-1-4-8-24/h1-12,22-23H,13-21H2. The Morgan fingerprint density at radius 3 is 2.32 bits per heavy atom. The fraction of sp³-hybridized carbons (Fsp3) is 0.357. The molecule has 0 bridgehead atoms. The molecule has 2 aliphatic heterocycles. The van der Waals surface area contributed by atoms with E-state index in [0.717, 1.165) is 81.3 Å². The van der Waals surface area contributed by atoms with E-state index in [1.807, 2.05) is 70.4 Å². The van der Waals surface area contributed by atoms with E-state index in [9.17, 15) is 4.79 Å². The summed E-state index contributed by atoms with van der Waals surface area (Å²) in [6.07, 6.45) is 7.75. The van der Waals surface area contributed by atoms with Gasteiger partial charge in [-0.2, -0.15) is 5.10 Å². The van der Waals surface area contributed by atoms with Crippen LogP contribution in [0.15, 0.2) is 72.9 Å². The minimum absolute atomic E-state index is 0.0799. The first-order valence-corrected chi connectivity index (χ1v) is 12.2. The number of morpholine rings is 1. The highest BCUT2D eigenvalue weighted by atomic mass is 16.5. The molecule has 0 unspecified atom stereocenters. The lowest BCUT2D eigenvalue weighted by Crippen LogP contribution is -2.43. The Hall–Kier alpha value is -3.22. The monoisotopic (exact) mass is 456 g/mol. The highest BCUT2D eigenvalue weighted by Crippen LogP contribution is 2.25. The van der Waals surface area contributed by atoms with E-state index in [0.29, 0.717) is 5.92 Å². The number of hydrogen-bond donors (Lipinski definition) is 0. The number of carbonyl (C=O) groups excluding carboxylic acids is 1. The molecule has 2 aliphatic rings. The average molecular weight is 457 g/mol. The zero-order chi connectivity index (χ0) is 23.2. The Balaban J connectivity index is 1.26. The van der Waals surface area contributed by atoms with Crippen LogP contribution in [0.5, 0.6) is 0 Å². The molecule has 1 amide bonds. The van der Waals surface area contributed by atoms with Crippen molar-refractivity contribution in [1.29, 1.82) is 0 Å². The first kappa shape index (κ1) is 22.6. The largest absolute Gasteiger partial charge is 0.379 e. The van der Waals surface area contributed by atoms with Crippen LogP contribution >= 0.6 is 0 Å². The summed E-state index contributed by atoms with van der Waals surface area (Å²) in [4.78, 5) is 17.5. The molecule has 34 heavy (non-hydrogen) atoms. The lowest BCUT2D eigenvalue weighted by molar-refractivity contribution is -0.127. The highest BCUT2D eigenvalue weighted by molar-refractivity contribution is 5.93. The molecule has 0 saturated carbocycles. The van der Waals surface area contributed by atoms with Crippen molar-refractivity contribution in [2.75, 3.05) is 45.9 Å². The molecule has 2 aromatic carbocycles. The molecule has 0 atom stereocenters. The van der Waals surface area contributed by atoms with Crippen LogP contribution < -0.4 is 0 Å². The molecule has 6 heteroatoms. The summed E-state index contributed by atoms with van der Waals surface area (Å²) >= 11 is 0. The maximum absolute atomic E-state index is 13.0. The van der Waals surface area contributed by atoms with Gasteiger partial charge in [-0.3, -0.25) is 9.69 Å². The Labute approximate surface area is 201 Å². The zero-order valence-corrected chi connectivity index (χ0v) is 19.6. The van der Waals surface area contributed by atoms with Gasteiger partial charge >= 0.3 is 0 Å². The van der Waals surface area contributed by atoms with Crippen molar-refractivity contribution in [3.63, 3.8) is 0 Å². The Bertz CT molecular complexity index is 1100. The molecule has 176 valence electrons. The third-order valence-electron chi connectivity index (χ3n) is 6.76. The van der Waals surface area contributed by atoms with Gasteiger partial charge in [0.2, 0.25) is 5.91 Å². The lowest BCUT2D eigenvalue weighted by Gasteiger charge is -2.35. The molecule has 1 aromatic heterocycles. The molecule has 0 aliphatic carbocycles. The highest BCUT2D eigenvalue weighted by Gasteiger charge is 2.24. The molecule has 0 spiro atoms. The first-order valence-electron chi connectivity index (χ1n) is 12.2. The Kier molecular flexibility index (Phi) is 7.17. The average Bonchev–Trinajstić information content (AvgIpc) is 3.34. The van der Waals surface area contributed by atoms with Crippen molar-refractivity contribution in [1.82, 2.24) is 19.6 Å². The normalized spacial score (nSPS) is 17.9. The zero-order valence-electron chi connectivity index (χ0n) is 19.6. The minimum atomic E-state index is 0.0799. The van der Waals surface area contributed by atoms with E-state index in [1.54, 1.807) is 6.08 Å². The molecule has 0 radical (unpaired) electrons. The van der Waals surface area contributed by atoms with Gasteiger partial charge in [-0.25, -0.2) is 4.68 Å². The van der Waals surface area contributed by atoms with Crippen molar-refractivity contribution in [2.45, 2.75) is 12.8 Å². The van der Waals surface area contributed by atoms with Crippen LogP contribution in [-0.2, 0) is 9.53 Å². The quantitative estimate of drug-likeness (QED) is 0.524. The predicted molar refractivity (Wildman–Crippen MR) is 135 cm³/mol. The first-order chi connectivity index (χ1) is 16.8. The van der Waals surface area contributed by atoms with Crippen LogP contribution in [0.25, 0.3) is 23.0 Å². The number of piperidine rings is 1. The number of ether oxygens (including phenoxy) is 1. The number of aromatic nitrogens is 2. The van der Waals surface area contributed by atoms with Crippen LogP contribution in [0, 0.1) is 5.92 Å². The summed E-state index contributed by atoms with van der Waals surface area (Å²) in [5.74, 6) is 0.746. The molecule has 5 rings (SSSR count). The minimum Gasteiger partial charge on any atom is -0.379 e. The number of benzene rings is 2. The van der Waals surface area contributed by atoms with Gasteiger partial charge in [-0.05, 0) is 37.0 Å². The second-order valence-electron chi connectivity index (χ2n) is 9.09. The van der Waals surface area contributed by atoms with Gasteiger partial charge in [0.05, 0.1) is 24.6 Å². The number of rotatable bonds is 6. The second kappa shape index (κ2) is 10.8. The molecule has 2 fully saturated rings. The maximum atomic E-state index is 13.0. The van der Waals surface area contributed by atoms with Crippen molar-refractivity contribution < 1.29 is 9.53 Å². The summed E-state index contributed by atoms with van der Waals surface area (Å²) in [5, 5.41) is 4.83. The summed E-state index contributed by atoms with van der Waals surface area (Å²) in [6.45, 7) is 6.52. The van der Waals surface area contributed by atoms with Crippen LogP contribution in [0.1, 0.15) is 18.4 Å². The van der Waals surface area contributed by atoms with E-state index < -0.39 is 0 Å². The van der Waals surface area contributed by atoms with Gasteiger partial charge in [-0.15, -0.1) is 0 Å². The Morgan fingerprint density at radius 2 is 1.62 bits per heavy atom. The van der Waals surface area contributed by atoms with Crippen molar-refractivity contribution >= 4 is 12.0 Å². The van der Waals surface area contributed by atoms with Crippen molar-refractivity contribution in [2.24, 2.45) is 5.92 Å². The number of para-hydroxylation sites is 1.